The molecule has 0 aliphatic carbocycles. The fourth-order valence-electron chi connectivity index (χ4n) is 3.14. The van der Waals surface area contributed by atoms with E-state index in [0.717, 1.165) is 11.3 Å². The molecule has 1 unspecified atom stereocenters. The second kappa shape index (κ2) is 6.55. The molecule has 2 aliphatic rings. The average Bonchev–Trinajstić information content (AvgIpc) is 2.71. The largest absolute Gasteiger partial charge is 0.488 e. The van der Waals surface area contributed by atoms with E-state index in [9.17, 15) is 9.59 Å². The summed E-state index contributed by atoms with van der Waals surface area (Å²) in [7, 11) is 1.55. The van der Waals surface area contributed by atoms with Crippen molar-refractivity contribution in [1.82, 2.24) is 5.32 Å². The van der Waals surface area contributed by atoms with Gasteiger partial charge in [-0.1, -0.05) is 30.3 Å². The number of hydrogen-bond acceptors (Lipinski definition) is 4. The fourth-order valence-corrected chi connectivity index (χ4v) is 3.14. The SMILES string of the molecule is CNC(=O)C1CN(C(=O)C2=Cc3ccccc3OC2)c2ccccc2O1. The van der Waals surface area contributed by atoms with Crippen molar-refractivity contribution in [3.05, 3.63) is 59.7 Å². The minimum absolute atomic E-state index is 0.147. The molecule has 2 amide bonds. The normalized spacial score (nSPS) is 17.8. The van der Waals surface area contributed by atoms with Gasteiger partial charge in [0.2, 0.25) is 0 Å². The maximum absolute atomic E-state index is 13.2. The van der Waals surface area contributed by atoms with Gasteiger partial charge in [0.15, 0.2) is 6.10 Å². The minimum atomic E-state index is -0.753. The van der Waals surface area contributed by atoms with Gasteiger partial charge in [0, 0.05) is 12.6 Å². The van der Waals surface area contributed by atoms with Gasteiger partial charge >= 0.3 is 0 Å². The molecular formula is C20H18N2O4. The molecule has 2 aromatic carbocycles. The summed E-state index contributed by atoms with van der Waals surface area (Å²) in [5, 5.41) is 2.58. The number of ether oxygens (including phenoxy) is 2. The van der Waals surface area contributed by atoms with E-state index in [1.54, 1.807) is 18.0 Å². The van der Waals surface area contributed by atoms with Gasteiger partial charge in [-0.3, -0.25) is 9.59 Å². The Kier molecular flexibility index (Phi) is 4.08. The molecule has 0 fully saturated rings. The summed E-state index contributed by atoms with van der Waals surface area (Å²) in [5.41, 5.74) is 2.06. The van der Waals surface area contributed by atoms with Crippen molar-refractivity contribution in [2.45, 2.75) is 6.10 Å². The molecule has 2 aromatic rings. The minimum Gasteiger partial charge on any atom is -0.488 e. The van der Waals surface area contributed by atoms with Gasteiger partial charge in [-0.2, -0.15) is 0 Å². The maximum atomic E-state index is 13.2. The number of amides is 2. The number of carbonyl (C=O) groups excluding carboxylic acids is 2. The highest BCUT2D eigenvalue weighted by molar-refractivity contribution is 6.10. The third-order valence-corrected chi connectivity index (χ3v) is 4.46. The van der Waals surface area contributed by atoms with Gasteiger partial charge in [-0.05, 0) is 24.3 Å². The van der Waals surface area contributed by atoms with E-state index in [1.807, 2.05) is 48.5 Å². The van der Waals surface area contributed by atoms with Gasteiger partial charge in [0.05, 0.1) is 17.8 Å². The zero-order valence-electron chi connectivity index (χ0n) is 14.3. The Balaban J connectivity index is 1.69. The van der Waals surface area contributed by atoms with E-state index in [0.29, 0.717) is 17.0 Å². The zero-order chi connectivity index (χ0) is 18.1. The Morgan fingerprint density at radius 2 is 1.81 bits per heavy atom. The fraction of sp³-hybridized carbons (Fsp3) is 0.200. The van der Waals surface area contributed by atoms with E-state index in [1.165, 1.54) is 0 Å². The Morgan fingerprint density at radius 3 is 2.62 bits per heavy atom. The molecule has 0 spiro atoms. The molecule has 2 heterocycles. The molecule has 0 aromatic heterocycles. The molecule has 1 atom stereocenters. The number of likely N-dealkylation sites (N-methyl/N-ethyl adjacent to an activating group) is 1. The summed E-state index contributed by atoms with van der Waals surface area (Å²) in [6.07, 6.45) is 1.09. The number of benzene rings is 2. The molecule has 1 N–H and O–H groups in total. The Bertz CT molecular complexity index is 906. The molecule has 0 bridgehead atoms. The third kappa shape index (κ3) is 2.79. The molecule has 0 saturated carbocycles. The lowest BCUT2D eigenvalue weighted by atomic mass is 10.1. The molecule has 2 aliphatic heterocycles. The summed E-state index contributed by atoms with van der Waals surface area (Å²) >= 11 is 0. The monoisotopic (exact) mass is 350 g/mol. The third-order valence-electron chi connectivity index (χ3n) is 4.46. The lowest BCUT2D eigenvalue weighted by Gasteiger charge is -2.34. The van der Waals surface area contributed by atoms with Crippen molar-refractivity contribution in [2.75, 3.05) is 25.1 Å². The summed E-state index contributed by atoms with van der Waals surface area (Å²) in [6.45, 7) is 0.342. The summed E-state index contributed by atoms with van der Waals surface area (Å²) in [4.78, 5) is 26.8. The molecule has 4 rings (SSSR count). The van der Waals surface area contributed by atoms with Gasteiger partial charge < -0.3 is 19.7 Å². The molecule has 0 saturated heterocycles. The van der Waals surface area contributed by atoms with Crippen molar-refractivity contribution in [3.8, 4) is 11.5 Å². The van der Waals surface area contributed by atoms with Crippen LogP contribution in [0.1, 0.15) is 5.56 Å². The number of nitrogens with zero attached hydrogens (tertiary/aromatic N) is 1. The van der Waals surface area contributed by atoms with E-state index in [-0.39, 0.29) is 25.0 Å². The highest BCUT2D eigenvalue weighted by Crippen LogP contribution is 2.35. The lowest BCUT2D eigenvalue weighted by Crippen LogP contribution is -2.50. The predicted octanol–water partition coefficient (Wildman–Crippen LogP) is 2.00. The van der Waals surface area contributed by atoms with Crippen molar-refractivity contribution >= 4 is 23.6 Å². The summed E-state index contributed by atoms with van der Waals surface area (Å²) in [5.74, 6) is 0.814. The molecule has 6 nitrogen and oxygen atoms in total. The molecule has 26 heavy (non-hydrogen) atoms. The molecule has 132 valence electrons. The van der Waals surface area contributed by atoms with E-state index in [2.05, 4.69) is 5.32 Å². The van der Waals surface area contributed by atoms with Gasteiger partial charge in [-0.25, -0.2) is 0 Å². The van der Waals surface area contributed by atoms with Crippen LogP contribution in [0.2, 0.25) is 0 Å². The maximum Gasteiger partial charge on any atom is 0.262 e. The highest BCUT2D eigenvalue weighted by atomic mass is 16.5. The Hall–Kier alpha value is -3.28. The predicted molar refractivity (Wildman–Crippen MR) is 97.2 cm³/mol. The molecule has 0 radical (unpaired) electrons. The number of fused-ring (bicyclic) bond motifs is 2. The van der Waals surface area contributed by atoms with Crippen molar-refractivity contribution in [2.24, 2.45) is 0 Å². The number of rotatable bonds is 2. The second-order valence-corrected chi connectivity index (χ2v) is 6.10. The topological polar surface area (TPSA) is 67.9 Å². The van der Waals surface area contributed by atoms with Crippen molar-refractivity contribution in [3.63, 3.8) is 0 Å². The number of anilines is 1. The van der Waals surface area contributed by atoms with Crippen molar-refractivity contribution < 1.29 is 19.1 Å². The molecule has 6 heteroatoms. The van der Waals surface area contributed by atoms with E-state index < -0.39 is 6.10 Å². The first-order valence-electron chi connectivity index (χ1n) is 8.39. The van der Waals surface area contributed by atoms with Gasteiger partial charge in [0.1, 0.15) is 18.1 Å². The van der Waals surface area contributed by atoms with Crippen LogP contribution in [-0.4, -0.2) is 38.1 Å². The summed E-state index contributed by atoms with van der Waals surface area (Å²) in [6, 6.07) is 14.8. The number of hydrogen-bond donors (Lipinski definition) is 1. The standard InChI is InChI=1S/C20H18N2O4/c1-21-19(23)18-11-22(15-7-3-5-9-17(15)26-18)20(24)14-10-13-6-2-4-8-16(13)25-12-14/h2-10,18H,11-12H2,1H3,(H,21,23). The van der Waals surface area contributed by atoms with E-state index in [4.69, 9.17) is 9.47 Å². The average molecular weight is 350 g/mol. The van der Waals surface area contributed by atoms with Crippen LogP contribution in [0, 0.1) is 0 Å². The number of nitrogens with one attached hydrogen (secondary N) is 1. The van der Waals surface area contributed by atoms with Crippen LogP contribution in [-0.2, 0) is 9.59 Å². The van der Waals surface area contributed by atoms with Gasteiger partial charge in [0.25, 0.3) is 11.8 Å². The first-order valence-corrected chi connectivity index (χ1v) is 8.39. The van der Waals surface area contributed by atoms with E-state index >= 15 is 0 Å². The van der Waals surface area contributed by atoms with Crippen molar-refractivity contribution in [1.29, 1.82) is 0 Å². The van der Waals surface area contributed by atoms with Crippen LogP contribution in [0.4, 0.5) is 5.69 Å². The zero-order valence-corrected chi connectivity index (χ0v) is 14.3. The van der Waals surface area contributed by atoms with Crippen LogP contribution in [0.3, 0.4) is 0 Å². The first-order chi connectivity index (χ1) is 12.7. The smallest absolute Gasteiger partial charge is 0.262 e. The van der Waals surface area contributed by atoms with Crippen LogP contribution in [0.15, 0.2) is 54.1 Å². The lowest BCUT2D eigenvalue weighted by molar-refractivity contribution is -0.127. The van der Waals surface area contributed by atoms with Crippen LogP contribution >= 0.6 is 0 Å². The Labute approximate surface area is 151 Å². The first kappa shape index (κ1) is 16.2. The summed E-state index contributed by atoms with van der Waals surface area (Å²) < 4.78 is 11.5. The Morgan fingerprint density at radius 1 is 1.08 bits per heavy atom. The van der Waals surface area contributed by atoms with Crippen LogP contribution in [0.5, 0.6) is 11.5 Å². The number of para-hydroxylation sites is 3. The van der Waals surface area contributed by atoms with Crippen LogP contribution < -0.4 is 19.7 Å². The molecular weight excluding hydrogens is 332 g/mol. The second-order valence-electron chi connectivity index (χ2n) is 6.10. The number of carbonyl (C=O) groups is 2. The van der Waals surface area contributed by atoms with Gasteiger partial charge in [-0.15, -0.1) is 0 Å². The quantitative estimate of drug-likeness (QED) is 0.900. The highest BCUT2D eigenvalue weighted by Gasteiger charge is 2.35. The van der Waals surface area contributed by atoms with Crippen LogP contribution in [0.25, 0.3) is 6.08 Å².